The normalized spacial score (nSPS) is 25.7. The highest BCUT2D eigenvalue weighted by atomic mass is 16.6. The van der Waals surface area contributed by atoms with Gasteiger partial charge in [0.1, 0.15) is 18.3 Å². The summed E-state index contributed by atoms with van der Waals surface area (Å²) in [5.74, 6) is 2.11. The monoisotopic (exact) mass is 1010 g/mol. The van der Waals surface area contributed by atoms with Crippen LogP contribution in [0.5, 0.6) is 0 Å². The fourth-order valence-electron chi connectivity index (χ4n) is 13.4. The van der Waals surface area contributed by atoms with E-state index in [9.17, 15) is 29.1 Å². The van der Waals surface area contributed by atoms with E-state index in [1.165, 1.54) is 89.0 Å². The van der Waals surface area contributed by atoms with Crippen molar-refractivity contribution in [3.05, 3.63) is 23.8 Å². The molecule has 0 heterocycles. The Kier molecular flexibility index (Phi) is 26.9. The first-order chi connectivity index (χ1) is 34.4. The molecule has 0 aromatic rings. The fourth-order valence-corrected chi connectivity index (χ4v) is 13.4. The number of carbonyl (C=O) groups is 5. The van der Waals surface area contributed by atoms with Gasteiger partial charge in [-0.25, -0.2) is 0 Å². The van der Waals surface area contributed by atoms with Gasteiger partial charge in [-0.15, -0.1) is 0 Å². The van der Waals surface area contributed by atoms with Gasteiger partial charge in [0.15, 0.2) is 6.10 Å². The Morgan fingerprint density at radius 1 is 0.750 bits per heavy atom. The molecule has 0 aliphatic heterocycles. The molecule has 11 heteroatoms. The van der Waals surface area contributed by atoms with E-state index in [0.717, 1.165) is 93.8 Å². The Balaban J connectivity index is 1.19. The number of amides is 1. The number of fused-ring (bicyclic) bond motifs is 5. The summed E-state index contributed by atoms with van der Waals surface area (Å²) in [5, 5.41) is 11.9. The third-order valence-corrected chi connectivity index (χ3v) is 17.6. The Labute approximate surface area is 437 Å². The van der Waals surface area contributed by atoms with E-state index in [2.05, 4.69) is 65.1 Å². The zero-order chi connectivity index (χ0) is 52.6. The highest BCUT2D eigenvalue weighted by Crippen LogP contribution is 2.67. The standard InChI is InChI=1S/C61H103NO10/c1-9-10-11-12-13-14-15-16-17-18-19-20-21-22-23-27-56(66)71-49(43-62-54(64)32-33-58(68)72-59(5,6)40-41-63)44-69-55(65)34-35-57(67)70-48-36-38-60(7)47(42-48)28-29-50-52-31-30-51(46(4)26-24-25-45(2)3)61(52,8)39-37-53(50)60/h16-17,28,45-46,48-53,63H,9-15,18-27,29-44H2,1-8H3,(H,62,64)/b17-16-/t46-,48+,49?,50?,51-,52?,53?,60+,61-/m1/s1. The second-order valence-corrected chi connectivity index (χ2v) is 24.3. The summed E-state index contributed by atoms with van der Waals surface area (Å²) in [5.41, 5.74) is 1.19. The molecule has 3 fully saturated rings. The number of esters is 4. The third kappa shape index (κ3) is 20.5. The third-order valence-electron chi connectivity index (χ3n) is 17.6. The van der Waals surface area contributed by atoms with E-state index in [1.807, 2.05) is 0 Å². The number of ether oxygens (including phenoxy) is 4. The van der Waals surface area contributed by atoms with Gasteiger partial charge in [0, 0.05) is 32.3 Å². The van der Waals surface area contributed by atoms with Gasteiger partial charge >= 0.3 is 23.9 Å². The van der Waals surface area contributed by atoms with E-state index in [-0.39, 0.29) is 69.8 Å². The number of aliphatic hydroxyl groups excluding tert-OH is 1. The van der Waals surface area contributed by atoms with Gasteiger partial charge in [0.05, 0.1) is 25.8 Å². The predicted octanol–water partition coefficient (Wildman–Crippen LogP) is 13.8. The molecule has 0 radical (unpaired) electrons. The van der Waals surface area contributed by atoms with Crippen LogP contribution in [0, 0.1) is 46.3 Å². The molecule has 1 amide bonds. The average Bonchev–Trinajstić information content (AvgIpc) is 3.69. The molecule has 72 heavy (non-hydrogen) atoms. The molecule has 412 valence electrons. The maximum Gasteiger partial charge on any atom is 0.306 e. The summed E-state index contributed by atoms with van der Waals surface area (Å²) >= 11 is 0. The van der Waals surface area contributed by atoms with Gasteiger partial charge in [-0.1, -0.05) is 136 Å². The lowest BCUT2D eigenvalue weighted by atomic mass is 9.47. The van der Waals surface area contributed by atoms with E-state index in [1.54, 1.807) is 13.8 Å². The minimum Gasteiger partial charge on any atom is -0.462 e. The quantitative estimate of drug-likeness (QED) is 0.0271. The van der Waals surface area contributed by atoms with E-state index < -0.39 is 41.5 Å². The van der Waals surface area contributed by atoms with Gasteiger partial charge in [0.25, 0.3) is 0 Å². The van der Waals surface area contributed by atoms with Crippen molar-refractivity contribution < 1.29 is 48.0 Å². The SMILES string of the molecule is CCCCCCCC/C=C\CCCCCCCC(=O)OC(CNC(=O)CCC(=O)OC(C)(C)CCO)COC(=O)CCC(=O)O[C@H]1CC[C@@]2(C)C(=CCC3C2CC[C@@]2(C)C3CC[C@@H]2[C@H](C)CCCC(C)C)C1. The van der Waals surface area contributed by atoms with Crippen LogP contribution in [0.2, 0.25) is 0 Å². The zero-order valence-electron chi connectivity index (χ0n) is 46.8. The summed E-state index contributed by atoms with van der Waals surface area (Å²) in [6, 6.07) is 0. The molecular formula is C61H103NO10. The number of carbonyl (C=O) groups excluding carboxylic acids is 5. The first-order valence-corrected chi connectivity index (χ1v) is 29.4. The van der Waals surface area contributed by atoms with Gasteiger partial charge in [0.2, 0.25) is 5.91 Å². The molecule has 9 atom stereocenters. The number of allylic oxidation sites excluding steroid dienone is 3. The van der Waals surface area contributed by atoms with Gasteiger partial charge < -0.3 is 29.4 Å². The van der Waals surface area contributed by atoms with Crippen molar-refractivity contribution in [1.29, 1.82) is 0 Å². The molecule has 0 aromatic carbocycles. The van der Waals surface area contributed by atoms with E-state index in [0.29, 0.717) is 17.8 Å². The number of unbranched alkanes of at least 4 members (excludes halogenated alkanes) is 11. The summed E-state index contributed by atoms with van der Waals surface area (Å²) in [6.07, 6.45) is 33.9. The molecule has 0 spiro atoms. The molecule has 11 nitrogen and oxygen atoms in total. The molecule has 4 rings (SSSR count). The topological polar surface area (TPSA) is 155 Å². The Hall–Kier alpha value is -3.21. The smallest absolute Gasteiger partial charge is 0.306 e. The van der Waals surface area contributed by atoms with Crippen molar-refractivity contribution in [3.8, 4) is 0 Å². The lowest BCUT2D eigenvalue weighted by molar-refractivity contribution is -0.161. The van der Waals surface area contributed by atoms with Crippen molar-refractivity contribution in [2.75, 3.05) is 19.8 Å². The van der Waals surface area contributed by atoms with Crippen LogP contribution in [0.25, 0.3) is 0 Å². The number of hydrogen-bond donors (Lipinski definition) is 2. The number of rotatable bonds is 35. The van der Waals surface area contributed by atoms with Crippen molar-refractivity contribution in [1.82, 2.24) is 5.32 Å². The lowest BCUT2D eigenvalue weighted by Gasteiger charge is -2.58. The number of nitrogens with one attached hydrogen (secondary N) is 1. The van der Waals surface area contributed by atoms with Crippen molar-refractivity contribution in [2.45, 2.75) is 266 Å². The van der Waals surface area contributed by atoms with Crippen LogP contribution >= 0.6 is 0 Å². The molecular weight excluding hydrogens is 907 g/mol. The molecule has 0 aromatic heterocycles. The summed E-state index contributed by atoms with van der Waals surface area (Å²) in [6.45, 7) is 17.4. The molecule has 3 saturated carbocycles. The van der Waals surface area contributed by atoms with Crippen LogP contribution in [-0.2, 0) is 42.9 Å². The summed E-state index contributed by atoms with van der Waals surface area (Å²) in [7, 11) is 0. The minimum atomic E-state index is -0.952. The van der Waals surface area contributed by atoms with Crippen LogP contribution in [0.15, 0.2) is 23.8 Å². The van der Waals surface area contributed by atoms with Crippen LogP contribution in [0.1, 0.15) is 248 Å². The maximum absolute atomic E-state index is 13.2. The van der Waals surface area contributed by atoms with Crippen molar-refractivity contribution in [3.63, 3.8) is 0 Å². The first kappa shape index (κ1) is 61.3. The highest BCUT2D eigenvalue weighted by Gasteiger charge is 2.59. The van der Waals surface area contributed by atoms with Crippen molar-refractivity contribution in [2.24, 2.45) is 46.3 Å². The molecule has 2 N–H and O–H groups in total. The highest BCUT2D eigenvalue weighted by molar-refractivity contribution is 5.81. The van der Waals surface area contributed by atoms with Crippen LogP contribution in [0.4, 0.5) is 0 Å². The molecule has 0 saturated heterocycles. The Morgan fingerprint density at radius 2 is 1.42 bits per heavy atom. The molecule has 4 aliphatic rings. The van der Waals surface area contributed by atoms with Gasteiger partial charge in [-0.2, -0.15) is 0 Å². The molecule has 0 bridgehead atoms. The van der Waals surface area contributed by atoms with Crippen molar-refractivity contribution >= 4 is 29.8 Å². The molecule has 4 unspecified atom stereocenters. The van der Waals surface area contributed by atoms with Crippen LogP contribution in [0.3, 0.4) is 0 Å². The van der Waals surface area contributed by atoms with E-state index in [4.69, 9.17) is 18.9 Å². The summed E-state index contributed by atoms with van der Waals surface area (Å²) in [4.78, 5) is 64.2. The Bertz CT molecular complexity index is 1720. The summed E-state index contributed by atoms with van der Waals surface area (Å²) < 4.78 is 22.6. The first-order valence-electron chi connectivity index (χ1n) is 29.4. The van der Waals surface area contributed by atoms with Gasteiger partial charge in [-0.3, -0.25) is 24.0 Å². The minimum absolute atomic E-state index is 0.116. The van der Waals surface area contributed by atoms with Crippen LogP contribution < -0.4 is 5.32 Å². The number of aliphatic hydroxyl groups is 1. The van der Waals surface area contributed by atoms with E-state index >= 15 is 0 Å². The lowest BCUT2D eigenvalue weighted by Crippen LogP contribution is -2.51. The largest absolute Gasteiger partial charge is 0.462 e. The second-order valence-electron chi connectivity index (χ2n) is 24.3. The zero-order valence-corrected chi connectivity index (χ0v) is 46.8. The van der Waals surface area contributed by atoms with Crippen LogP contribution in [-0.4, -0.2) is 72.5 Å². The maximum atomic E-state index is 13.2. The number of hydrogen-bond acceptors (Lipinski definition) is 10. The average molecular weight is 1010 g/mol. The van der Waals surface area contributed by atoms with Gasteiger partial charge in [-0.05, 0) is 137 Å². The molecule has 4 aliphatic carbocycles. The second kappa shape index (κ2) is 31.6. The Morgan fingerprint density at radius 3 is 2.11 bits per heavy atom. The predicted molar refractivity (Wildman–Crippen MR) is 287 cm³/mol. The fraction of sp³-hybridized carbons (Fsp3) is 0.852.